The molecule has 0 spiro atoms. The number of para-hydroxylation sites is 2. The molecule has 3 rings (SSSR count). The second kappa shape index (κ2) is 4.63. The summed E-state index contributed by atoms with van der Waals surface area (Å²) < 4.78 is 0. The van der Waals surface area contributed by atoms with E-state index in [1.54, 1.807) is 0 Å². The third kappa shape index (κ3) is 2.13. The summed E-state index contributed by atoms with van der Waals surface area (Å²) in [6, 6.07) is 18.1. The molecule has 3 aromatic rings. The lowest BCUT2D eigenvalue weighted by Gasteiger charge is -2.08. The number of hydrogen-bond acceptors (Lipinski definition) is 2. The number of nitrogens with zero attached hydrogens (tertiary/aromatic N) is 1. The number of aromatic amines is 1. The molecular formula is C15H15N3. The number of hydrogen-bond donors (Lipinski definition) is 2. The minimum Gasteiger partial charge on any atom is -0.341 e. The molecule has 0 radical (unpaired) electrons. The fourth-order valence-electron chi connectivity index (χ4n) is 2.11. The average Bonchev–Trinajstić information content (AvgIpc) is 2.84. The molecule has 3 heteroatoms. The van der Waals surface area contributed by atoms with E-state index in [0.717, 1.165) is 23.3 Å². The number of H-pyrrole nitrogens is 1. The molecule has 1 heterocycles. The normalized spacial score (nSPS) is 12.7. The minimum atomic E-state index is -0.0974. The summed E-state index contributed by atoms with van der Waals surface area (Å²) >= 11 is 0. The number of nitrogens with one attached hydrogen (secondary N) is 1. The van der Waals surface area contributed by atoms with E-state index in [1.165, 1.54) is 5.56 Å². The first-order valence-electron chi connectivity index (χ1n) is 6.07. The van der Waals surface area contributed by atoms with E-state index < -0.39 is 0 Å². The van der Waals surface area contributed by atoms with E-state index in [4.69, 9.17) is 5.73 Å². The fourth-order valence-corrected chi connectivity index (χ4v) is 2.11. The molecule has 1 atom stereocenters. The van der Waals surface area contributed by atoms with Crippen LogP contribution in [0, 0.1) is 0 Å². The van der Waals surface area contributed by atoms with Gasteiger partial charge in [0.1, 0.15) is 5.82 Å². The van der Waals surface area contributed by atoms with Gasteiger partial charge >= 0.3 is 0 Å². The highest BCUT2D eigenvalue weighted by Crippen LogP contribution is 2.17. The number of rotatable bonds is 3. The van der Waals surface area contributed by atoms with Crippen molar-refractivity contribution in [2.24, 2.45) is 5.73 Å². The monoisotopic (exact) mass is 237 g/mol. The molecule has 0 aliphatic carbocycles. The van der Waals surface area contributed by atoms with E-state index in [0.29, 0.717) is 0 Å². The van der Waals surface area contributed by atoms with Crippen LogP contribution in [0.3, 0.4) is 0 Å². The molecule has 18 heavy (non-hydrogen) atoms. The zero-order valence-corrected chi connectivity index (χ0v) is 10.0. The summed E-state index contributed by atoms with van der Waals surface area (Å²) in [4.78, 5) is 7.81. The predicted molar refractivity (Wildman–Crippen MR) is 73.2 cm³/mol. The number of fused-ring (bicyclic) bond motifs is 1. The van der Waals surface area contributed by atoms with Crippen molar-refractivity contribution in [2.45, 2.75) is 12.5 Å². The summed E-state index contributed by atoms with van der Waals surface area (Å²) in [5, 5.41) is 0. The maximum absolute atomic E-state index is 6.20. The summed E-state index contributed by atoms with van der Waals surface area (Å²) in [7, 11) is 0. The van der Waals surface area contributed by atoms with Crippen molar-refractivity contribution in [3.8, 4) is 0 Å². The van der Waals surface area contributed by atoms with Crippen LogP contribution < -0.4 is 5.73 Å². The van der Waals surface area contributed by atoms with Crippen LogP contribution in [0.4, 0.5) is 0 Å². The van der Waals surface area contributed by atoms with Gasteiger partial charge in [0.05, 0.1) is 17.1 Å². The zero-order valence-electron chi connectivity index (χ0n) is 10.0. The van der Waals surface area contributed by atoms with E-state index in [-0.39, 0.29) is 6.04 Å². The van der Waals surface area contributed by atoms with Gasteiger partial charge in [-0.3, -0.25) is 0 Å². The van der Waals surface area contributed by atoms with Crippen molar-refractivity contribution in [1.29, 1.82) is 0 Å². The van der Waals surface area contributed by atoms with Crippen LogP contribution in [-0.4, -0.2) is 9.97 Å². The van der Waals surface area contributed by atoms with Crippen molar-refractivity contribution in [3.63, 3.8) is 0 Å². The van der Waals surface area contributed by atoms with Crippen LogP contribution >= 0.6 is 0 Å². The molecule has 1 aromatic heterocycles. The summed E-state index contributed by atoms with van der Waals surface area (Å²) in [5.74, 6) is 0.847. The first-order chi connectivity index (χ1) is 8.83. The minimum absolute atomic E-state index is 0.0974. The van der Waals surface area contributed by atoms with Crippen molar-refractivity contribution >= 4 is 11.0 Å². The molecule has 0 fully saturated rings. The lowest BCUT2D eigenvalue weighted by Crippen LogP contribution is -2.14. The number of nitrogens with two attached hydrogens (primary N) is 1. The Balaban J connectivity index is 1.86. The van der Waals surface area contributed by atoms with E-state index in [2.05, 4.69) is 22.1 Å². The van der Waals surface area contributed by atoms with E-state index >= 15 is 0 Å². The summed E-state index contributed by atoms with van der Waals surface area (Å²) in [6.45, 7) is 0. The molecule has 0 amide bonds. The highest BCUT2D eigenvalue weighted by atomic mass is 15.0. The van der Waals surface area contributed by atoms with Crippen molar-refractivity contribution < 1.29 is 0 Å². The molecule has 0 saturated heterocycles. The molecule has 3 N–H and O–H groups in total. The van der Waals surface area contributed by atoms with Crippen molar-refractivity contribution in [3.05, 3.63) is 66.0 Å². The molecule has 0 saturated carbocycles. The average molecular weight is 237 g/mol. The standard InChI is InChI=1S/C15H15N3/c16-12(10-11-6-2-1-3-7-11)15-17-13-8-4-5-9-14(13)18-15/h1-9,12H,10,16H2,(H,17,18)/t12-/m0/s1. The Hall–Kier alpha value is -2.13. The van der Waals surface area contributed by atoms with Gasteiger partial charge in [0, 0.05) is 0 Å². The van der Waals surface area contributed by atoms with Gasteiger partial charge in [0.2, 0.25) is 0 Å². The Labute approximate surface area is 106 Å². The quantitative estimate of drug-likeness (QED) is 0.736. The zero-order chi connectivity index (χ0) is 12.4. The van der Waals surface area contributed by atoms with Gasteiger partial charge in [-0.2, -0.15) is 0 Å². The maximum atomic E-state index is 6.20. The summed E-state index contributed by atoms with van der Waals surface area (Å²) in [5.41, 5.74) is 9.43. The maximum Gasteiger partial charge on any atom is 0.124 e. The Morgan fingerprint density at radius 1 is 1.00 bits per heavy atom. The Morgan fingerprint density at radius 3 is 2.50 bits per heavy atom. The third-order valence-corrected chi connectivity index (χ3v) is 3.06. The highest BCUT2D eigenvalue weighted by Gasteiger charge is 2.11. The van der Waals surface area contributed by atoms with Gasteiger partial charge in [0.15, 0.2) is 0 Å². The predicted octanol–water partition coefficient (Wildman–Crippen LogP) is 2.81. The summed E-state index contributed by atoms with van der Waals surface area (Å²) in [6.07, 6.45) is 0.792. The molecule has 90 valence electrons. The SMILES string of the molecule is N[C@@H](Cc1ccccc1)c1nc2ccccc2[nH]1. The second-order valence-corrected chi connectivity index (χ2v) is 4.44. The first-order valence-corrected chi connectivity index (χ1v) is 6.07. The van der Waals surface area contributed by atoms with Crippen LogP contribution in [0.1, 0.15) is 17.4 Å². The van der Waals surface area contributed by atoms with Crippen LogP contribution in [0.15, 0.2) is 54.6 Å². The largest absolute Gasteiger partial charge is 0.341 e. The van der Waals surface area contributed by atoms with Crippen LogP contribution in [0.2, 0.25) is 0 Å². The van der Waals surface area contributed by atoms with Crippen LogP contribution in [0.5, 0.6) is 0 Å². The fraction of sp³-hybridized carbons (Fsp3) is 0.133. The molecule has 0 aliphatic rings. The highest BCUT2D eigenvalue weighted by molar-refractivity contribution is 5.74. The van der Waals surface area contributed by atoms with Crippen molar-refractivity contribution in [2.75, 3.05) is 0 Å². The Bertz CT molecular complexity index is 610. The van der Waals surface area contributed by atoms with Crippen LogP contribution in [0.25, 0.3) is 11.0 Å². The number of aromatic nitrogens is 2. The van der Waals surface area contributed by atoms with Gasteiger partial charge in [0.25, 0.3) is 0 Å². The number of benzene rings is 2. The lowest BCUT2D eigenvalue weighted by atomic mass is 10.1. The van der Waals surface area contributed by atoms with E-state index in [9.17, 15) is 0 Å². The Morgan fingerprint density at radius 2 is 1.72 bits per heavy atom. The Kier molecular flexibility index (Phi) is 2.82. The molecule has 0 aliphatic heterocycles. The smallest absolute Gasteiger partial charge is 0.124 e. The van der Waals surface area contributed by atoms with Gasteiger partial charge in [-0.1, -0.05) is 42.5 Å². The molecular weight excluding hydrogens is 222 g/mol. The van der Waals surface area contributed by atoms with Gasteiger partial charge in [-0.05, 0) is 24.1 Å². The van der Waals surface area contributed by atoms with Crippen LogP contribution in [-0.2, 0) is 6.42 Å². The topological polar surface area (TPSA) is 54.7 Å². The molecule has 0 unspecified atom stereocenters. The first kappa shape index (κ1) is 11.0. The lowest BCUT2D eigenvalue weighted by molar-refractivity contribution is 0.680. The van der Waals surface area contributed by atoms with Gasteiger partial charge < -0.3 is 10.7 Å². The molecule has 3 nitrogen and oxygen atoms in total. The molecule has 2 aromatic carbocycles. The van der Waals surface area contributed by atoms with Gasteiger partial charge in [-0.25, -0.2) is 4.98 Å². The van der Waals surface area contributed by atoms with E-state index in [1.807, 2.05) is 42.5 Å². The third-order valence-electron chi connectivity index (χ3n) is 3.06. The second-order valence-electron chi connectivity index (χ2n) is 4.44. The molecule has 0 bridgehead atoms. The van der Waals surface area contributed by atoms with Crippen molar-refractivity contribution in [1.82, 2.24) is 9.97 Å². The van der Waals surface area contributed by atoms with Gasteiger partial charge in [-0.15, -0.1) is 0 Å². The number of imidazole rings is 1.